The molecule has 1 aliphatic rings. The van der Waals surface area contributed by atoms with Gasteiger partial charge in [0.05, 0.1) is 16.1 Å². The summed E-state index contributed by atoms with van der Waals surface area (Å²) in [5, 5.41) is 10.9. The first kappa shape index (κ1) is 9.32. The third-order valence-corrected chi connectivity index (χ3v) is 3.34. The highest BCUT2D eigenvalue weighted by Gasteiger charge is 2.20. The van der Waals surface area contributed by atoms with E-state index >= 15 is 0 Å². The summed E-state index contributed by atoms with van der Waals surface area (Å²) in [4.78, 5) is 0. The second-order valence-electron chi connectivity index (χ2n) is 3.34. The van der Waals surface area contributed by atoms with Crippen molar-refractivity contribution in [2.75, 3.05) is 0 Å². The number of hydrogen-bond donors (Lipinski definition) is 1. The molecule has 1 aromatic carbocycles. The van der Waals surface area contributed by atoms with Gasteiger partial charge in [-0.1, -0.05) is 29.3 Å². The van der Waals surface area contributed by atoms with Crippen LogP contribution in [0.25, 0.3) is 0 Å². The molecule has 0 aromatic heterocycles. The monoisotopic (exact) mass is 216 g/mol. The zero-order valence-electron chi connectivity index (χ0n) is 7.06. The van der Waals surface area contributed by atoms with E-state index in [9.17, 15) is 5.11 Å². The van der Waals surface area contributed by atoms with E-state index in [0.29, 0.717) is 10.0 Å². The summed E-state index contributed by atoms with van der Waals surface area (Å²) in [6.07, 6.45) is 2.36. The zero-order valence-corrected chi connectivity index (χ0v) is 8.57. The Morgan fingerprint density at radius 1 is 1.31 bits per heavy atom. The number of rotatable bonds is 0. The molecule has 3 heteroatoms. The van der Waals surface area contributed by atoms with Crippen molar-refractivity contribution in [3.8, 4) is 0 Å². The maximum absolute atomic E-state index is 9.67. The van der Waals surface area contributed by atoms with E-state index in [1.54, 1.807) is 6.07 Å². The van der Waals surface area contributed by atoms with Crippen LogP contribution in [-0.4, -0.2) is 5.11 Å². The molecule has 1 N–H and O–H groups in total. The molecule has 1 aliphatic carbocycles. The maximum atomic E-state index is 9.67. The summed E-state index contributed by atoms with van der Waals surface area (Å²) in [6, 6.07) is 3.62. The molecule has 13 heavy (non-hydrogen) atoms. The van der Waals surface area contributed by atoms with Crippen LogP contribution in [0.3, 0.4) is 0 Å². The van der Waals surface area contributed by atoms with Crippen LogP contribution >= 0.6 is 23.2 Å². The highest BCUT2D eigenvalue weighted by molar-refractivity contribution is 6.42. The van der Waals surface area contributed by atoms with Crippen LogP contribution in [0.1, 0.15) is 30.1 Å². The molecule has 70 valence electrons. The van der Waals surface area contributed by atoms with Gasteiger partial charge < -0.3 is 5.11 Å². The summed E-state index contributed by atoms with van der Waals surface area (Å²) in [5.74, 6) is 0. The Kier molecular flexibility index (Phi) is 2.50. The minimum Gasteiger partial charge on any atom is -0.388 e. The average molecular weight is 217 g/mol. The number of halogens is 2. The van der Waals surface area contributed by atoms with Crippen LogP contribution in [0.5, 0.6) is 0 Å². The molecule has 0 amide bonds. The van der Waals surface area contributed by atoms with Crippen molar-refractivity contribution < 1.29 is 5.11 Å². The van der Waals surface area contributed by atoms with Gasteiger partial charge in [-0.3, -0.25) is 0 Å². The van der Waals surface area contributed by atoms with Crippen LogP contribution in [0.4, 0.5) is 0 Å². The summed E-state index contributed by atoms with van der Waals surface area (Å²) in [6.45, 7) is 0. The minimum atomic E-state index is -0.362. The van der Waals surface area contributed by atoms with Crippen molar-refractivity contribution in [1.29, 1.82) is 0 Å². The second kappa shape index (κ2) is 3.49. The van der Waals surface area contributed by atoms with Crippen LogP contribution in [0, 0.1) is 0 Å². The lowest BCUT2D eigenvalue weighted by Gasteiger charge is -2.22. The maximum Gasteiger partial charge on any atom is 0.0793 e. The van der Waals surface area contributed by atoms with Crippen molar-refractivity contribution in [2.45, 2.75) is 25.4 Å². The summed E-state index contributed by atoms with van der Waals surface area (Å²) in [5.41, 5.74) is 1.97. The van der Waals surface area contributed by atoms with Crippen molar-refractivity contribution in [3.05, 3.63) is 33.3 Å². The Morgan fingerprint density at radius 3 is 2.85 bits per heavy atom. The molecule has 1 atom stereocenters. The van der Waals surface area contributed by atoms with E-state index < -0.39 is 0 Å². The minimum absolute atomic E-state index is 0.362. The average Bonchev–Trinajstić information content (AvgIpc) is 2.12. The summed E-state index contributed by atoms with van der Waals surface area (Å²) < 4.78 is 0. The number of benzene rings is 1. The van der Waals surface area contributed by atoms with Gasteiger partial charge in [0.1, 0.15) is 0 Å². The predicted molar refractivity (Wildman–Crippen MR) is 54.4 cm³/mol. The van der Waals surface area contributed by atoms with E-state index in [0.717, 1.165) is 30.4 Å². The quantitative estimate of drug-likeness (QED) is 0.706. The van der Waals surface area contributed by atoms with Crippen molar-refractivity contribution in [3.63, 3.8) is 0 Å². The number of hydrogen-bond acceptors (Lipinski definition) is 1. The van der Waals surface area contributed by atoms with Crippen LogP contribution < -0.4 is 0 Å². The summed E-state index contributed by atoms with van der Waals surface area (Å²) in [7, 11) is 0. The topological polar surface area (TPSA) is 20.2 Å². The van der Waals surface area contributed by atoms with E-state index in [-0.39, 0.29) is 6.10 Å². The van der Waals surface area contributed by atoms with Crippen molar-refractivity contribution in [2.24, 2.45) is 0 Å². The first-order chi connectivity index (χ1) is 6.20. The SMILES string of the molecule is OC1CCCc2c1ccc(Cl)c2Cl. The van der Waals surface area contributed by atoms with Gasteiger partial charge in [0.15, 0.2) is 0 Å². The molecule has 0 aliphatic heterocycles. The Balaban J connectivity index is 2.56. The summed E-state index contributed by atoms with van der Waals surface area (Å²) >= 11 is 11.9. The Morgan fingerprint density at radius 2 is 2.08 bits per heavy atom. The van der Waals surface area contributed by atoms with Crippen LogP contribution in [0.2, 0.25) is 10.0 Å². The Hall–Kier alpha value is -0.240. The van der Waals surface area contributed by atoms with Crippen LogP contribution in [0.15, 0.2) is 12.1 Å². The lowest BCUT2D eigenvalue weighted by Crippen LogP contribution is -2.09. The lowest BCUT2D eigenvalue weighted by molar-refractivity contribution is 0.156. The van der Waals surface area contributed by atoms with Gasteiger partial charge in [-0.15, -0.1) is 0 Å². The largest absolute Gasteiger partial charge is 0.388 e. The van der Waals surface area contributed by atoms with Gasteiger partial charge in [0.2, 0.25) is 0 Å². The normalized spacial score (nSPS) is 21.3. The van der Waals surface area contributed by atoms with Gasteiger partial charge in [-0.05, 0) is 36.5 Å². The molecule has 0 heterocycles. The standard InChI is InChI=1S/C10H10Cl2O/c11-8-5-4-6-7(10(8)12)2-1-3-9(6)13/h4-5,9,13H,1-3H2. The fourth-order valence-electron chi connectivity index (χ4n) is 1.80. The molecule has 1 aromatic rings. The van der Waals surface area contributed by atoms with E-state index in [2.05, 4.69) is 0 Å². The molecule has 0 radical (unpaired) electrons. The van der Waals surface area contributed by atoms with E-state index in [1.807, 2.05) is 6.07 Å². The first-order valence-corrected chi connectivity index (χ1v) is 5.10. The molecule has 1 nitrogen and oxygen atoms in total. The van der Waals surface area contributed by atoms with Gasteiger partial charge in [0.25, 0.3) is 0 Å². The molecule has 0 bridgehead atoms. The van der Waals surface area contributed by atoms with E-state index in [1.165, 1.54) is 0 Å². The predicted octanol–water partition coefficient (Wildman–Crippen LogP) is 3.36. The highest BCUT2D eigenvalue weighted by atomic mass is 35.5. The van der Waals surface area contributed by atoms with E-state index in [4.69, 9.17) is 23.2 Å². The smallest absolute Gasteiger partial charge is 0.0793 e. The molecule has 0 saturated carbocycles. The van der Waals surface area contributed by atoms with Gasteiger partial charge >= 0.3 is 0 Å². The number of aliphatic hydroxyl groups is 1. The molecule has 0 fully saturated rings. The number of fused-ring (bicyclic) bond motifs is 1. The first-order valence-electron chi connectivity index (χ1n) is 4.35. The fraction of sp³-hybridized carbons (Fsp3) is 0.400. The van der Waals surface area contributed by atoms with Crippen molar-refractivity contribution in [1.82, 2.24) is 0 Å². The molecule has 2 rings (SSSR count). The lowest BCUT2D eigenvalue weighted by atomic mass is 9.89. The molecule has 1 unspecified atom stereocenters. The van der Waals surface area contributed by atoms with Gasteiger partial charge in [-0.2, -0.15) is 0 Å². The zero-order chi connectivity index (χ0) is 9.42. The Bertz CT molecular complexity index is 336. The van der Waals surface area contributed by atoms with Gasteiger partial charge in [-0.25, -0.2) is 0 Å². The molecule has 0 spiro atoms. The number of aliphatic hydroxyl groups excluding tert-OH is 1. The molecular formula is C10H10Cl2O. The Labute approximate surface area is 87.3 Å². The third-order valence-electron chi connectivity index (χ3n) is 2.50. The van der Waals surface area contributed by atoms with Gasteiger partial charge in [0, 0.05) is 0 Å². The van der Waals surface area contributed by atoms with Crippen molar-refractivity contribution >= 4 is 23.2 Å². The second-order valence-corrected chi connectivity index (χ2v) is 4.12. The third kappa shape index (κ3) is 1.56. The highest BCUT2D eigenvalue weighted by Crippen LogP contribution is 2.37. The van der Waals surface area contributed by atoms with Crippen LogP contribution in [-0.2, 0) is 6.42 Å². The molecular weight excluding hydrogens is 207 g/mol. The fourth-order valence-corrected chi connectivity index (χ4v) is 2.25. The molecule has 0 saturated heterocycles.